The number of nitrogens with zero attached hydrogens (tertiary/aromatic N) is 1. The summed E-state index contributed by atoms with van der Waals surface area (Å²) in [5, 5.41) is 1.93. The van der Waals surface area contributed by atoms with Gasteiger partial charge in [-0.15, -0.1) is 11.3 Å². The van der Waals surface area contributed by atoms with Crippen LogP contribution in [0.4, 0.5) is 0 Å². The Morgan fingerprint density at radius 2 is 2.22 bits per heavy atom. The first-order valence-electron chi connectivity index (χ1n) is 5.27. The predicted molar refractivity (Wildman–Crippen MR) is 73.5 cm³/mol. The highest BCUT2D eigenvalue weighted by molar-refractivity contribution is 7.71. The van der Waals surface area contributed by atoms with Gasteiger partial charge in [-0.05, 0) is 24.8 Å². The Kier molecular flexibility index (Phi) is 3.58. The van der Waals surface area contributed by atoms with Gasteiger partial charge in [0.05, 0.1) is 19.1 Å². The van der Waals surface area contributed by atoms with Gasteiger partial charge in [0.25, 0.3) is 0 Å². The largest absolute Gasteiger partial charge is 0.465 e. The van der Waals surface area contributed by atoms with Gasteiger partial charge in [0.15, 0.2) is 0 Å². The summed E-state index contributed by atoms with van der Waals surface area (Å²) in [5.74, 6) is -0.335. The van der Waals surface area contributed by atoms with Crippen molar-refractivity contribution in [2.45, 2.75) is 13.8 Å². The van der Waals surface area contributed by atoms with E-state index in [0.717, 1.165) is 22.4 Å². The summed E-state index contributed by atoms with van der Waals surface area (Å²) in [7, 11) is 1.38. The zero-order valence-electron chi connectivity index (χ0n) is 10.2. The van der Waals surface area contributed by atoms with E-state index in [0.29, 0.717) is 9.52 Å². The first-order chi connectivity index (χ1) is 8.56. The second-order valence-electron chi connectivity index (χ2n) is 3.82. The molecule has 0 aliphatic carbocycles. The van der Waals surface area contributed by atoms with E-state index in [4.69, 9.17) is 17.0 Å². The number of H-pyrrole nitrogens is 1. The maximum Gasteiger partial charge on any atom is 0.348 e. The topological polar surface area (TPSA) is 55.0 Å². The maximum atomic E-state index is 11.7. The molecule has 0 atom stereocenters. The molecule has 6 heteroatoms. The Hall–Kier alpha value is -1.53. The summed E-state index contributed by atoms with van der Waals surface area (Å²) in [6, 6.07) is 0. The highest BCUT2D eigenvalue weighted by atomic mass is 32.1. The van der Waals surface area contributed by atoms with E-state index in [-0.39, 0.29) is 5.97 Å². The van der Waals surface area contributed by atoms with Gasteiger partial charge in [-0.1, -0.05) is 12.2 Å². The third kappa shape index (κ3) is 2.09. The van der Waals surface area contributed by atoms with Gasteiger partial charge in [-0.3, -0.25) is 0 Å². The maximum absolute atomic E-state index is 11.7. The molecule has 0 aromatic carbocycles. The first kappa shape index (κ1) is 12.9. The fourth-order valence-electron chi connectivity index (χ4n) is 1.72. The quantitative estimate of drug-likeness (QED) is 0.677. The van der Waals surface area contributed by atoms with E-state index in [2.05, 4.69) is 9.97 Å². The smallest absolute Gasteiger partial charge is 0.348 e. The van der Waals surface area contributed by atoms with Gasteiger partial charge in [-0.2, -0.15) is 0 Å². The van der Waals surface area contributed by atoms with Crippen LogP contribution in [0.1, 0.15) is 20.8 Å². The minimum Gasteiger partial charge on any atom is -0.465 e. The minimum atomic E-state index is -0.335. The van der Waals surface area contributed by atoms with Crippen LogP contribution in [0.25, 0.3) is 11.3 Å². The van der Waals surface area contributed by atoms with Crippen molar-refractivity contribution in [3.05, 3.63) is 32.4 Å². The van der Waals surface area contributed by atoms with Crippen molar-refractivity contribution >= 4 is 29.5 Å². The fourth-order valence-corrected chi connectivity index (χ4v) is 2.85. The van der Waals surface area contributed by atoms with Crippen LogP contribution in [0.2, 0.25) is 0 Å². The zero-order valence-corrected chi connectivity index (χ0v) is 11.9. The number of aromatic nitrogens is 2. The van der Waals surface area contributed by atoms with E-state index in [1.165, 1.54) is 18.4 Å². The number of hydrogen-bond acceptors (Lipinski definition) is 5. The molecule has 2 aromatic rings. The molecule has 2 rings (SSSR count). The number of aryl methyl sites for hydroxylation is 1. The van der Waals surface area contributed by atoms with Gasteiger partial charge < -0.3 is 9.72 Å². The molecule has 0 saturated carbocycles. The van der Waals surface area contributed by atoms with Crippen molar-refractivity contribution in [2.75, 3.05) is 7.11 Å². The molecule has 0 aliphatic heterocycles. The van der Waals surface area contributed by atoms with E-state index >= 15 is 0 Å². The molecule has 2 heterocycles. The summed E-state index contributed by atoms with van der Waals surface area (Å²) in [6.07, 6.45) is 1.54. The van der Waals surface area contributed by atoms with Crippen molar-refractivity contribution < 1.29 is 9.53 Å². The first-order valence-corrected chi connectivity index (χ1v) is 6.56. The van der Waals surface area contributed by atoms with Crippen molar-refractivity contribution in [1.82, 2.24) is 9.97 Å². The van der Waals surface area contributed by atoms with E-state index in [9.17, 15) is 4.79 Å². The van der Waals surface area contributed by atoms with Crippen LogP contribution in [0.5, 0.6) is 0 Å². The standard InChI is InChI=1S/C12H12N2O2S2/c1-6-4-18-10(12(15)16-3)8(6)9-7(2)11(17)14-5-13-9/h4-5H,1-3H3,(H,13,14,17). The molecule has 2 aromatic heterocycles. The summed E-state index contributed by atoms with van der Waals surface area (Å²) >= 11 is 6.52. The molecule has 0 unspecified atom stereocenters. The average Bonchev–Trinajstić information content (AvgIpc) is 2.74. The lowest BCUT2D eigenvalue weighted by atomic mass is 10.0. The number of ether oxygens (including phenoxy) is 1. The molecule has 0 amide bonds. The highest BCUT2D eigenvalue weighted by Gasteiger charge is 2.20. The van der Waals surface area contributed by atoms with Crippen LogP contribution in [-0.4, -0.2) is 23.0 Å². The van der Waals surface area contributed by atoms with Crippen LogP contribution in [0.15, 0.2) is 11.7 Å². The number of carbonyl (C=O) groups excluding carboxylic acids is 1. The number of rotatable bonds is 2. The van der Waals surface area contributed by atoms with E-state index in [1.807, 2.05) is 19.2 Å². The van der Waals surface area contributed by atoms with Gasteiger partial charge in [-0.25, -0.2) is 9.78 Å². The molecule has 4 nitrogen and oxygen atoms in total. The van der Waals surface area contributed by atoms with Crippen LogP contribution in [0.3, 0.4) is 0 Å². The molecular weight excluding hydrogens is 268 g/mol. The van der Waals surface area contributed by atoms with Crippen LogP contribution in [-0.2, 0) is 4.74 Å². The van der Waals surface area contributed by atoms with Gasteiger partial charge in [0.1, 0.15) is 9.52 Å². The van der Waals surface area contributed by atoms with Gasteiger partial charge >= 0.3 is 5.97 Å². The molecule has 0 radical (unpaired) electrons. The Labute approximate surface area is 114 Å². The lowest BCUT2D eigenvalue weighted by Crippen LogP contribution is -2.02. The molecule has 0 aliphatic rings. The van der Waals surface area contributed by atoms with Gasteiger partial charge in [0.2, 0.25) is 0 Å². The molecule has 0 saturated heterocycles. The molecule has 0 spiro atoms. The minimum absolute atomic E-state index is 0.335. The number of nitrogens with one attached hydrogen (secondary N) is 1. The lowest BCUT2D eigenvalue weighted by molar-refractivity contribution is 0.0607. The molecule has 0 fully saturated rings. The number of methoxy groups -OCH3 is 1. The summed E-state index contributed by atoms with van der Waals surface area (Å²) in [4.78, 5) is 19.4. The Morgan fingerprint density at radius 3 is 2.89 bits per heavy atom. The third-order valence-corrected chi connectivity index (χ3v) is 4.17. The van der Waals surface area contributed by atoms with Crippen molar-refractivity contribution in [1.29, 1.82) is 0 Å². The number of aromatic amines is 1. The van der Waals surface area contributed by atoms with Crippen LogP contribution < -0.4 is 0 Å². The molecular formula is C12H12N2O2S2. The number of hydrogen-bond donors (Lipinski definition) is 1. The fraction of sp³-hybridized carbons (Fsp3) is 0.250. The second kappa shape index (κ2) is 4.99. The Balaban J connectivity index is 2.71. The number of esters is 1. The Morgan fingerprint density at radius 1 is 1.50 bits per heavy atom. The van der Waals surface area contributed by atoms with Crippen molar-refractivity contribution in [3.8, 4) is 11.3 Å². The predicted octanol–water partition coefficient (Wildman–Crippen LogP) is 3.27. The van der Waals surface area contributed by atoms with Crippen LogP contribution in [0, 0.1) is 18.5 Å². The summed E-state index contributed by atoms with van der Waals surface area (Å²) in [6.45, 7) is 3.84. The van der Waals surface area contributed by atoms with E-state index < -0.39 is 0 Å². The van der Waals surface area contributed by atoms with E-state index in [1.54, 1.807) is 6.33 Å². The van der Waals surface area contributed by atoms with Gasteiger partial charge in [0, 0.05) is 11.1 Å². The molecule has 94 valence electrons. The van der Waals surface area contributed by atoms with Crippen molar-refractivity contribution in [3.63, 3.8) is 0 Å². The second-order valence-corrected chi connectivity index (χ2v) is 5.09. The molecule has 0 bridgehead atoms. The molecule has 18 heavy (non-hydrogen) atoms. The number of thiophene rings is 1. The monoisotopic (exact) mass is 280 g/mol. The van der Waals surface area contributed by atoms with Crippen LogP contribution >= 0.6 is 23.6 Å². The lowest BCUT2D eigenvalue weighted by Gasteiger charge is -2.07. The average molecular weight is 280 g/mol. The van der Waals surface area contributed by atoms with Crippen molar-refractivity contribution in [2.24, 2.45) is 0 Å². The normalized spacial score (nSPS) is 10.4. The third-order valence-electron chi connectivity index (χ3n) is 2.68. The zero-order chi connectivity index (χ0) is 13.3. The number of carbonyl (C=O) groups is 1. The summed E-state index contributed by atoms with van der Waals surface area (Å²) in [5.41, 5.74) is 3.55. The highest BCUT2D eigenvalue weighted by Crippen LogP contribution is 2.33. The molecule has 1 N–H and O–H groups in total. The summed E-state index contributed by atoms with van der Waals surface area (Å²) < 4.78 is 5.33. The SMILES string of the molecule is COC(=O)c1scc(C)c1-c1[nH]cnc(=S)c1C. The Bertz CT molecular complexity index is 658.